The maximum Gasteiger partial charge on any atom is 0.227 e. The molecule has 0 spiro atoms. The van der Waals surface area contributed by atoms with E-state index in [0.717, 1.165) is 11.2 Å². The average molecular weight is 466 g/mol. The molecule has 1 aliphatic rings. The molecule has 0 aliphatic carbocycles. The number of carbonyl (C=O) groups excluding carboxylic acids is 1. The fraction of sp³-hybridized carbons (Fsp3) is 0.208. The first kappa shape index (κ1) is 21.2. The van der Waals surface area contributed by atoms with Gasteiger partial charge in [0.15, 0.2) is 0 Å². The van der Waals surface area contributed by atoms with Gasteiger partial charge in [-0.2, -0.15) is 0 Å². The van der Waals surface area contributed by atoms with Crippen LogP contribution in [-0.2, 0) is 4.79 Å². The first-order valence-corrected chi connectivity index (χ1v) is 11.0. The standard InChI is InChI=1S/C24H21ClFN5O2/c25-20-13-27-22-21(20)23(29-14-28-22)31-10-8-15(9-11-31)24(32)30-17-2-1-3-19(12-17)33-18-6-4-16(26)5-7-18/h1-7,12-15H,8-11H2,(H,30,32)(H,27,28,29). The monoisotopic (exact) mass is 465 g/mol. The normalized spacial score (nSPS) is 14.4. The number of ether oxygens (including phenoxy) is 1. The molecule has 1 aliphatic heterocycles. The van der Waals surface area contributed by atoms with Gasteiger partial charge in [0.25, 0.3) is 0 Å². The van der Waals surface area contributed by atoms with Crippen molar-refractivity contribution in [2.45, 2.75) is 12.8 Å². The number of carbonyl (C=O) groups is 1. The molecule has 2 N–H and O–H groups in total. The number of fused-ring (bicyclic) bond motifs is 1. The molecule has 2 aromatic carbocycles. The molecule has 1 fully saturated rings. The van der Waals surface area contributed by atoms with E-state index in [9.17, 15) is 9.18 Å². The second-order valence-electron chi connectivity index (χ2n) is 7.89. The minimum atomic E-state index is -0.324. The molecule has 0 bridgehead atoms. The van der Waals surface area contributed by atoms with Gasteiger partial charge in [0.05, 0.1) is 10.4 Å². The molecule has 2 aromatic heterocycles. The number of benzene rings is 2. The third-order valence-electron chi connectivity index (χ3n) is 5.72. The number of aromatic nitrogens is 3. The highest BCUT2D eigenvalue weighted by Gasteiger charge is 2.27. The molecular weight excluding hydrogens is 445 g/mol. The van der Waals surface area contributed by atoms with Crippen molar-refractivity contribution in [2.24, 2.45) is 5.92 Å². The van der Waals surface area contributed by atoms with E-state index in [-0.39, 0.29) is 17.6 Å². The Morgan fingerprint density at radius 2 is 1.91 bits per heavy atom. The van der Waals surface area contributed by atoms with Gasteiger partial charge >= 0.3 is 0 Å². The van der Waals surface area contributed by atoms with E-state index >= 15 is 0 Å². The van der Waals surface area contributed by atoms with Crippen LogP contribution in [0.4, 0.5) is 15.9 Å². The van der Waals surface area contributed by atoms with Crippen molar-refractivity contribution < 1.29 is 13.9 Å². The van der Waals surface area contributed by atoms with Crippen LogP contribution < -0.4 is 15.0 Å². The number of halogens is 2. The van der Waals surface area contributed by atoms with Crippen LogP contribution >= 0.6 is 11.6 Å². The fourth-order valence-electron chi connectivity index (χ4n) is 4.02. The molecule has 7 nitrogen and oxygen atoms in total. The van der Waals surface area contributed by atoms with Crippen LogP contribution in [0.15, 0.2) is 61.1 Å². The summed E-state index contributed by atoms with van der Waals surface area (Å²) in [6, 6.07) is 12.9. The summed E-state index contributed by atoms with van der Waals surface area (Å²) in [4.78, 5) is 26.7. The van der Waals surface area contributed by atoms with Crippen LogP contribution in [0, 0.1) is 11.7 Å². The second kappa shape index (κ2) is 9.07. The van der Waals surface area contributed by atoms with E-state index in [4.69, 9.17) is 16.3 Å². The van der Waals surface area contributed by atoms with Gasteiger partial charge in [0.2, 0.25) is 5.91 Å². The summed E-state index contributed by atoms with van der Waals surface area (Å²) in [5.41, 5.74) is 1.35. The summed E-state index contributed by atoms with van der Waals surface area (Å²) >= 11 is 6.31. The summed E-state index contributed by atoms with van der Waals surface area (Å²) in [7, 11) is 0. The second-order valence-corrected chi connectivity index (χ2v) is 8.30. The van der Waals surface area contributed by atoms with Gasteiger partial charge in [-0.15, -0.1) is 0 Å². The summed E-state index contributed by atoms with van der Waals surface area (Å²) in [5.74, 6) is 1.41. The summed E-state index contributed by atoms with van der Waals surface area (Å²) < 4.78 is 18.8. The predicted molar refractivity (Wildman–Crippen MR) is 125 cm³/mol. The van der Waals surface area contributed by atoms with E-state index in [0.29, 0.717) is 53.8 Å². The maximum absolute atomic E-state index is 13.1. The van der Waals surface area contributed by atoms with E-state index < -0.39 is 0 Å². The summed E-state index contributed by atoms with van der Waals surface area (Å²) in [6.07, 6.45) is 4.62. The Balaban J connectivity index is 1.21. The zero-order chi connectivity index (χ0) is 22.8. The maximum atomic E-state index is 13.1. The number of aromatic amines is 1. The summed E-state index contributed by atoms with van der Waals surface area (Å²) in [5, 5.41) is 4.38. The van der Waals surface area contributed by atoms with E-state index in [1.165, 1.54) is 18.5 Å². The van der Waals surface area contributed by atoms with Crippen LogP contribution in [0.5, 0.6) is 11.5 Å². The SMILES string of the molecule is O=C(Nc1cccc(Oc2ccc(F)cc2)c1)C1CCN(c2ncnc3[nH]cc(Cl)c23)CC1. The van der Waals surface area contributed by atoms with Crippen molar-refractivity contribution in [3.63, 3.8) is 0 Å². The Kier molecular flexibility index (Phi) is 5.83. The fourth-order valence-corrected chi connectivity index (χ4v) is 4.25. The Morgan fingerprint density at radius 3 is 2.70 bits per heavy atom. The number of hydrogen-bond donors (Lipinski definition) is 2. The lowest BCUT2D eigenvalue weighted by Gasteiger charge is -2.32. The Bertz CT molecular complexity index is 1290. The minimum absolute atomic E-state index is 0.0268. The number of nitrogens with one attached hydrogen (secondary N) is 2. The highest BCUT2D eigenvalue weighted by molar-refractivity contribution is 6.36. The third kappa shape index (κ3) is 4.61. The molecule has 5 rings (SSSR count). The lowest BCUT2D eigenvalue weighted by molar-refractivity contribution is -0.120. The molecule has 33 heavy (non-hydrogen) atoms. The first-order valence-electron chi connectivity index (χ1n) is 10.6. The first-order chi connectivity index (χ1) is 16.1. The molecule has 1 amide bonds. The Labute approximate surface area is 194 Å². The van der Waals surface area contributed by atoms with Crippen molar-refractivity contribution in [3.05, 3.63) is 71.9 Å². The molecule has 0 saturated carbocycles. The Hall–Kier alpha value is -3.65. The molecule has 0 atom stereocenters. The van der Waals surface area contributed by atoms with Gasteiger partial charge in [-0.05, 0) is 49.2 Å². The highest BCUT2D eigenvalue weighted by Crippen LogP contribution is 2.32. The molecule has 0 radical (unpaired) electrons. The molecule has 168 valence electrons. The van der Waals surface area contributed by atoms with Gasteiger partial charge in [-0.3, -0.25) is 4.79 Å². The van der Waals surface area contributed by atoms with Crippen LogP contribution in [0.1, 0.15) is 12.8 Å². The number of H-pyrrole nitrogens is 1. The quantitative estimate of drug-likeness (QED) is 0.412. The average Bonchev–Trinajstić information content (AvgIpc) is 3.22. The lowest BCUT2D eigenvalue weighted by atomic mass is 9.95. The molecule has 3 heterocycles. The zero-order valence-electron chi connectivity index (χ0n) is 17.6. The van der Waals surface area contributed by atoms with E-state index in [2.05, 4.69) is 25.2 Å². The number of piperidine rings is 1. The molecule has 4 aromatic rings. The van der Waals surface area contributed by atoms with E-state index in [1.807, 2.05) is 6.07 Å². The van der Waals surface area contributed by atoms with Gasteiger partial charge < -0.3 is 19.9 Å². The van der Waals surface area contributed by atoms with Crippen LogP contribution in [0.25, 0.3) is 11.0 Å². The van der Waals surface area contributed by atoms with Crippen LogP contribution in [0.3, 0.4) is 0 Å². The van der Waals surface area contributed by atoms with Crippen molar-refractivity contribution in [1.29, 1.82) is 0 Å². The van der Waals surface area contributed by atoms with Crippen LogP contribution in [-0.4, -0.2) is 33.9 Å². The number of hydrogen-bond acceptors (Lipinski definition) is 5. The minimum Gasteiger partial charge on any atom is -0.457 e. The molecule has 9 heteroatoms. The van der Waals surface area contributed by atoms with Gasteiger partial charge in [-0.25, -0.2) is 14.4 Å². The third-order valence-corrected chi connectivity index (χ3v) is 6.02. The highest BCUT2D eigenvalue weighted by atomic mass is 35.5. The molecule has 0 unspecified atom stereocenters. The van der Waals surface area contributed by atoms with Crippen molar-refractivity contribution in [2.75, 3.05) is 23.3 Å². The summed E-state index contributed by atoms with van der Waals surface area (Å²) in [6.45, 7) is 1.39. The Morgan fingerprint density at radius 1 is 1.12 bits per heavy atom. The van der Waals surface area contributed by atoms with Gasteiger partial charge in [0, 0.05) is 37.0 Å². The number of rotatable bonds is 5. The van der Waals surface area contributed by atoms with Crippen molar-refractivity contribution in [3.8, 4) is 11.5 Å². The van der Waals surface area contributed by atoms with Crippen molar-refractivity contribution in [1.82, 2.24) is 15.0 Å². The lowest BCUT2D eigenvalue weighted by Crippen LogP contribution is -2.38. The van der Waals surface area contributed by atoms with Crippen molar-refractivity contribution >= 4 is 40.0 Å². The number of nitrogens with zero attached hydrogens (tertiary/aromatic N) is 3. The van der Waals surface area contributed by atoms with E-state index in [1.54, 1.807) is 36.5 Å². The molecular formula is C24H21ClFN5O2. The largest absolute Gasteiger partial charge is 0.457 e. The zero-order valence-corrected chi connectivity index (χ0v) is 18.3. The molecule has 1 saturated heterocycles. The topological polar surface area (TPSA) is 83.1 Å². The number of anilines is 2. The smallest absolute Gasteiger partial charge is 0.227 e. The number of amides is 1. The van der Waals surface area contributed by atoms with Gasteiger partial charge in [-0.1, -0.05) is 17.7 Å². The predicted octanol–water partition coefficient (Wildman–Crippen LogP) is 5.40. The van der Waals surface area contributed by atoms with Crippen LogP contribution in [0.2, 0.25) is 5.02 Å². The van der Waals surface area contributed by atoms with Gasteiger partial charge in [0.1, 0.15) is 35.1 Å².